The lowest BCUT2D eigenvalue weighted by Gasteiger charge is -2.28. The summed E-state index contributed by atoms with van der Waals surface area (Å²) in [5, 5.41) is 2.24. The van der Waals surface area contributed by atoms with E-state index in [2.05, 4.69) is 9.89 Å². The third-order valence-corrected chi connectivity index (χ3v) is 5.44. The van der Waals surface area contributed by atoms with Crippen LogP contribution >= 0.6 is 46.4 Å². The van der Waals surface area contributed by atoms with Crippen LogP contribution in [0.25, 0.3) is 0 Å². The van der Waals surface area contributed by atoms with Crippen LogP contribution in [0.1, 0.15) is 17.2 Å². The molecule has 0 aromatic heterocycles. The normalized spacial score (nSPS) is 15.2. The molecule has 0 radical (unpaired) electrons. The molecule has 0 N–H and O–H groups in total. The zero-order valence-electron chi connectivity index (χ0n) is 12.1. The number of benzene rings is 2. The van der Waals surface area contributed by atoms with Gasteiger partial charge < -0.3 is 4.90 Å². The summed E-state index contributed by atoms with van der Waals surface area (Å²) >= 11 is 24.8. The molecule has 1 aliphatic heterocycles. The van der Waals surface area contributed by atoms with Crippen LogP contribution in [-0.2, 0) is 6.42 Å². The number of nitrogens with zero attached hydrogens (tertiary/aromatic N) is 2. The standard InChI is InChI=1S/C17H14Cl4N2/c18-13-5-4-11(8-15(13)20)9-16(23-7-6-22-10-23)12-2-1-3-14(19)17(12)21/h1-5,8,10,16H,6-7,9H2. The second kappa shape index (κ2) is 7.31. The molecule has 3 rings (SSSR count). The number of halogens is 4. The summed E-state index contributed by atoms with van der Waals surface area (Å²) in [5.41, 5.74) is 2.07. The highest BCUT2D eigenvalue weighted by molar-refractivity contribution is 6.42. The first kappa shape index (κ1) is 16.9. The van der Waals surface area contributed by atoms with Crippen LogP contribution in [0.4, 0.5) is 0 Å². The predicted molar refractivity (Wildman–Crippen MR) is 99.4 cm³/mol. The maximum atomic E-state index is 6.44. The van der Waals surface area contributed by atoms with E-state index in [1.54, 1.807) is 6.07 Å². The van der Waals surface area contributed by atoms with Crippen LogP contribution in [0.2, 0.25) is 20.1 Å². The fourth-order valence-electron chi connectivity index (χ4n) is 2.70. The minimum atomic E-state index is 0.0460. The fourth-order valence-corrected chi connectivity index (χ4v) is 3.46. The minimum absolute atomic E-state index is 0.0460. The highest BCUT2D eigenvalue weighted by atomic mass is 35.5. The van der Waals surface area contributed by atoms with Crippen molar-refractivity contribution in [2.24, 2.45) is 4.99 Å². The third kappa shape index (κ3) is 3.77. The molecule has 2 aromatic rings. The molecular weight excluding hydrogens is 374 g/mol. The molecule has 6 heteroatoms. The molecule has 0 spiro atoms. The van der Waals surface area contributed by atoms with E-state index in [-0.39, 0.29) is 6.04 Å². The number of hydrogen-bond donors (Lipinski definition) is 0. The van der Waals surface area contributed by atoms with Crippen molar-refractivity contribution >= 4 is 52.7 Å². The zero-order chi connectivity index (χ0) is 16.4. The Morgan fingerprint density at radius 2 is 1.83 bits per heavy atom. The molecule has 0 aliphatic carbocycles. The van der Waals surface area contributed by atoms with Gasteiger partial charge in [-0.2, -0.15) is 0 Å². The summed E-state index contributed by atoms with van der Waals surface area (Å²) in [6.45, 7) is 1.64. The Morgan fingerprint density at radius 1 is 1.00 bits per heavy atom. The number of aliphatic imine (C=N–C) groups is 1. The topological polar surface area (TPSA) is 15.6 Å². The van der Waals surface area contributed by atoms with Crippen LogP contribution in [0, 0.1) is 0 Å². The molecule has 0 amide bonds. The van der Waals surface area contributed by atoms with Crippen LogP contribution in [0.3, 0.4) is 0 Å². The Balaban J connectivity index is 1.97. The lowest BCUT2D eigenvalue weighted by Crippen LogP contribution is -2.28. The average Bonchev–Trinajstić information content (AvgIpc) is 3.06. The highest BCUT2D eigenvalue weighted by Crippen LogP contribution is 2.35. The third-order valence-electron chi connectivity index (χ3n) is 3.87. The molecule has 1 atom stereocenters. The van der Waals surface area contributed by atoms with Gasteiger partial charge in [0.05, 0.1) is 39.0 Å². The first-order chi connectivity index (χ1) is 11.1. The van der Waals surface area contributed by atoms with E-state index in [1.165, 1.54) is 0 Å². The van der Waals surface area contributed by atoms with E-state index in [9.17, 15) is 0 Å². The largest absolute Gasteiger partial charge is 0.354 e. The predicted octanol–water partition coefficient (Wildman–Crippen LogP) is 5.93. The Morgan fingerprint density at radius 3 is 2.52 bits per heavy atom. The molecular formula is C17H14Cl4N2. The van der Waals surface area contributed by atoms with Crippen LogP contribution < -0.4 is 0 Å². The molecule has 1 heterocycles. The number of rotatable bonds is 4. The van der Waals surface area contributed by atoms with E-state index in [0.717, 1.165) is 30.6 Å². The van der Waals surface area contributed by atoms with E-state index in [4.69, 9.17) is 46.4 Å². The second-order valence-corrected chi connectivity index (χ2v) is 6.97. The van der Waals surface area contributed by atoms with Crippen LogP contribution in [0.5, 0.6) is 0 Å². The van der Waals surface area contributed by atoms with E-state index >= 15 is 0 Å². The molecule has 0 saturated heterocycles. The van der Waals surface area contributed by atoms with Gasteiger partial charge in [0.1, 0.15) is 0 Å². The first-order valence-corrected chi connectivity index (χ1v) is 8.71. The lowest BCUT2D eigenvalue weighted by molar-refractivity contribution is 0.349. The van der Waals surface area contributed by atoms with Gasteiger partial charge in [0, 0.05) is 6.54 Å². The maximum Gasteiger partial charge on any atom is 0.0856 e. The van der Waals surface area contributed by atoms with Crippen molar-refractivity contribution in [1.82, 2.24) is 4.90 Å². The zero-order valence-corrected chi connectivity index (χ0v) is 15.2. The van der Waals surface area contributed by atoms with Crippen molar-refractivity contribution < 1.29 is 0 Å². The fraction of sp³-hybridized carbons (Fsp3) is 0.235. The SMILES string of the molecule is Clc1ccc(CC(c2cccc(Cl)c2Cl)N2C=NCC2)cc1Cl. The van der Waals surface area contributed by atoms with Crippen molar-refractivity contribution in [2.45, 2.75) is 12.5 Å². The van der Waals surface area contributed by atoms with Crippen molar-refractivity contribution in [3.8, 4) is 0 Å². The van der Waals surface area contributed by atoms with Crippen LogP contribution in [0.15, 0.2) is 41.4 Å². The summed E-state index contributed by atoms with van der Waals surface area (Å²) in [7, 11) is 0. The Labute approximate surface area is 155 Å². The summed E-state index contributed by atoms with van der Waals surface area (Å²) in [4.78, 5) is 6.49. The Hall–Kier alpha value is -0.930. The minimum Gasteiger partial charge on any atom is -0.354 e. The van der Waals surface area contributed by atoms with Gasteiger partial charge in [0.2, 0.25) is 0 Å². The van der Waals surface area contributed by atoms with Gasteiger partial charge in [-0.15, -0.1) is 0 Å². The van der Waals surface area contributed by atoms with Gasteiger partial charge in [-0.25, -0.2) is 0 Å². The first-order valence-electron chi connectivity index (χ1n) is 7.20. The Bertz CT molecular complexity index is 745. The quantitative estimate of drug-likeness (QED) is 0.634. The van der Waals surface area contributed by atoms with Crippen molar-refractivity contribution in [1.29, 1.82) is 0 Å². The summed E-state index contributed by atoms with van der Waals surface area (Å²) < 4.78 is 0. The lowest BCUT2D eigenvalue weighted by atomic mass is 9.97. The molecule has 0 saturated carbocycles. The molecule has 23 heavy (non-hydrogen) atoms. The molecule has 120 valence electrons. The molecule has 1 unspecified atom stereocenters. The molecule has 2 aromatic carbocycles. The van der Waals surface area contributed by atoms with Crippen molar-refractivity contribution in [3.63, 3.8) is 0 Å². The molecule has 2 nitrogen and oxygen atoms in total. The average molecular weight is 388 g/mol. The van der Waals surface area contributed by atoms with Crippen LogP contribution in [-0.4, -0.2) is 24.3 Å². The molecule has 1 aliphatic rings. The summed E-state index contributed by atoms with van der Waals surface area (Å²) in [5.74, 6) is 0. The second-order valence-electron chi connectivity index (χ2n) is 5.37. The van der Waals surface area contributed by atoms with Gasteiger partial charge >= 0.3 is 0 Å². The number of hydrogen-bond acceptors (Lipinski definition) is 2. The summed E-state index contributed by atoms with van der Waals surface area (Å²) in [6, 6.07) is 11.4. The summed E-state index contributed by atoms with van der Waals surface area (Å²) in [6.07, 6.45) is 2.61. The van der Waals surface area contributed by atoms with Crippen molar-refractivity contribution in [3.05, 3.63) is 67.6 Å². The highest BCUT2D eigenvalue weighted by Gasteiger charge is 2.24. The van der Waals surface area contributed by atoms with Gasteiger partial charge in [0.15, 0.2) is 0 Å². The Kier molecular flexibility index (Phi) is 5.38. The van der Waals surface area contributed by atoms with Crippen molar-refractivity contribution in [2.75, 3.05) is 13.1 Å². The van der Waals surface area contributed by atoms with E-state index in [0.29, 0.717) is 20.1 Å². The van der Waals surface area contributed by atoms with Gasteiger partial charge in [0.25, 0.3) is 0 Å². The molecule has 0 bridgehead atoms. The van der Waals surface area contributed by atoms with E-state index < -0.39 is 0 Å². The molecule has 0 fully saturated rings. The van der Waals surface area contributed by atoms with Gasteiger partial charge in [-0.05, 0) is 35.7 Å². The maximum absolute atomic E-state index is 6.44. The van der Waals surface area contributed by atoms with E-state index in [1.807, 2.05) is 36.7 Å². The van der Waals surface area contributed by atoms with Gasteiger partial charge in [-0.3, -0.25) is 4.99 Å². The van der Waals surface area contributed by atoms with Gasteiger partial charge in [-0.1, -0.05) is 64.6 Å². The monoisotopic (exact) mass is 386 g/mol. The smallest absolute Gasteiger partial charge is 0.0856 e.